The molecule has 0 atom stereocenters. The van der Waals surface area contributed by atoms with Crippen LogP contribution in [0.3, 0.4) is 0 Å². The SMILES string of the molecule is [Li+].[Li+].[Li+].[Li+].[O-2].[O]=[Ti]([O-])[O-]. The van der Waals surface area contributed by atoms with Gasteiger partial charge in [-0.3, -0.25) is 0 Å². The fourth-order valence-corrected chi connectivity index (χ4v) is 0. The maximum absolute atomic E-state index is 8.58. The Morgan fingerprint density at radius 3 is 0.889 bits per heavy atom. The summed E-state index contributed by atoms with van der Waals surface area (Å²) in [6.45, 7) is 0. The molecular formula is Li4O4Ti. The van der Waals surface area contributed by atoms with Crippen molar-refractivity contribution in [3.05, 3.63) is 0 Å². The van der Waals surface area contributed by atoms with E-state index < -0.39 is 18.6 Å². The van der Waals surface area contributed by atoms with Crippen LogP contribution in [-0.2, 0) is 27.4 Å². The van der Waals surface area contributed by atoms with E-state index in [9.17, 15) is 0 Å². The van der Waals surface area contributed by atoms with Crippen LogP contribution in [0.5, 0.6) is 0 Å². The van der Waals surface area contributed by atoms with E-state index in [1.54, 1.807) is 0 Å². The summed E-state index contributed by atoms with van der Waals surface area (Å²) in [5, 5.41) is 0. The molecule has 0 amide bonds. The van der Waals surface area contributed by atoms with Crippen molar-refractivity contribution in [2.45, 2.75) is 0 Å². The third kappa shape index (κ3) is 107. The Morgan fingerprint density at radius 2 is 0.889 bits per heavy atom. The Labute approximate surface area is 109 Å². The van der Waals surface area contributed by atoms with Crippen LogP contribution < -0.4 is 82.8 Å². The molecule has 0 aliphatic heterocycles. The molecule has 0 rings (SSSR count). The topological polar surface area (TPSA) is 91.7 Å². The van der Waals surface area contributed by atoms with Crippen LogP contribution in [0.2, 0.25) is 0 Å². The zero-order chi connectivity index (χ0) is 3.58. The summed E-state index contributed by atoms with van der Waals surface area (Å²) in [6.07, 6.45) is 0. The fraction of sp³-hybridized carbons (Fsp3) is 0. The molecule has 0 radical (unpaired) electrons. The predicted molar refractivity (Wildman–Crippen MR) is 1.37 cm³/mol. The van der Waals surface area contributed by atoms with Gasteiger partial charge in [0.25, 0.3) is 0 Å². The van der Waals surface area contributed by atoms with E-state index in [-0.39, 0.29) is 80.9 Å². The van der Waals surface area contributed by atoms with Gasteiger partial charge in [-0.25, -0.2) is 0 Å². The first kappa shape index (κ1) is 41.0. The van der Waals surface area contributed by atoms with Gasteiger partial charge in [0.15, 0.2) is 0 Å². The van der Waals surface area contributed by atoms with Crippen molar-refractivity contribution in [2.24, 2.45) is 0 Å². The van der Waals surface area contributed by atoms with Crippen molar-refractivity contribution in [3.63, 3.8) is 0 Å². The first-order valence-electron chi connectivity index (χ1n) is 0.612. The maximum atomic E-state index is 8.58. The molecular weight excluding hydrogens is 140 g/mol. The van der Waals surface area contributed by atoms with Crippen molar-refractivity contribution >= 4 is 0 Å². The van der Waals surface area contributed by atoms with Crippen molar-refractivity contribution in [1.82, 2.24) is 0 Å². The molecule has 0 bridgehead atoms. The minimum atomic E-state index is -4.08. The second-order valence-corrected chi connectivity index (χ2v) is 1.03. The van der Waals surface area contributed by atoms with E-state index in [1.807, 2.05) is 0 Å². The quantitative estimate of drug-likeness (QED) is 0.312. The summed E-state index contributed by atoms with van der Waals surface area (Å²) in [5.74, 6) is 0. The van der Waals surface area contributed by atoms with Gasteiger partial charge in [0.2, 0.25) is 0 Å². The third-order valence-electron chi connectivity index (χ3n) is 0. The van der Waals surface area contributed by atoms with Gasteiger partial charge >= 0.3 is 105 Å². The Balaban J connectivity index is -0.00000000450. The molecule has 0 saturated carbocycles. The molecule has 0 spiro atoms. The van der Waals surface area contributed by atoms with E-state index in [4.69, 9.17) is 10.7 Å². The van der Waals surface area contributed by atoms with Gasteiger partial charge in [-0.05, 0) is 0 Å². The van der Waals surface area contributed by atoms with Crippen LogP contribution >= 0.6 is 0 Å². The van der Waals surface area contributed by atoms with Gasteiger partial charge in [0, 0.05) is 0 Å². The van der Waals surface area contributed by atoms with Crippen LogP contribution in [0.1, 0.15) is 0 Å². The number of hydrogen-bond donors (Lipinski definition) is 0. The average Bonchev–Trinajstić information content (AvgIpc) is 0.811. The van der Waals surface area contributed by atoms with Crippen molar-refractivity contribution < 1.29 is 110 Å². The molecule has 0 N–H and O–H groups in total. The van der Waals surface area contributed by atoms with Gasteiger partial charge in [-0.2, -0.15) is 0 Å². The molecule has 0 aliphatic rings. The summed E-state index contributed by atoms with van der Waals surface area (Å²) in [7, 11) is 0. The molecule has 0 aromatic carbocycles. The average molecular weight is 140 g/mol. The van der Waals surface area contributed by atoms with Crippen molar-refractivity contribution in [2.75, 3.05) is 0 Å². The van der Waals surface area contributed by atoms with E-state index in [1.165, 1.54) is 0 Å². The molecule has 32 valence electrons. The van der Waals surface area contributed by atoms with Gasteiger partial charge in [-0.1, -0.05) is 0 Å². The molecule has 0 heterocycles. The molecule has 9 heavy (non-hydrogen) atoms. The van der Waals surface area contributed by atoms with Crippen LogP contribution in [0.15, 0.2) is 0 Å². The van der Waals surface area contributed by atoms with E-state index in [2.05, 4.69) is 0 Å². The van der Waals surface area contributed by atoms with Crippen molar-refractivity contribution in [3.8, 4) is 0 Å². The van der Waals surface area contributed by atoms with Crippen LogP contribution in [-0.4, -0.2) is 0 Å². The van der Waals surface area contributed by atoms with Gasteiger partial charge in [0.05, 0.1) is 0 Å². The Kier molecular flexibility index (Phi) is 140. The van der Waals surface area contributed by atoms with E-state index in [0.717, 1.165) is 0 Å². The molecule has 9 heteroatoms. The first-order valence-corrected chi connectivity index (χ1v) is 2.52. The normalized spacial score (nSPS) is 2.89. The zero-order valence-corrected chi connectivity index (χ0v) is 7.69. The first-order chi connectivity index (χ1) is 1.73. The molecule has 0 aliphatic carbocycles. The summed E-state index contributed by atoms with van der Waals surface area (Å²) >= 11 is -4.08. The predicted octanol–water partition coefficient (Wildman–Crippen LogP) is -14.6. The van der Waals surface area contributed by atoms with Gasteiger partial charge in [-0.15, -0.1) is 0 Å². The molecule has 0 fully saturated rings. The monoisotopic (exact) mass is 140 g/mol. The van der Waals surface area contributed by atoms with Crippen LogP contribution in [0, 0.1) is 0 Å². The summed E-state index contributed by atoms with van der Waals surface area (Å²) in [6, 6.07) is 0. The summed E-state index contributed by atoms with van der Waals surface area (Å²) < 4.78 is 25.8. The fourth-order valence-electron chi connectivity index (χ4n) is 0. The summed E-state index contributed by atoms with van der Waals surface area (Å²) in [5.41, 5.74) is 0. The van der Waals surface area contributed by atoms with Crippen LogP contribution in [0.25, 0.3) is 0 Å². The molecule has 0 aromatic heterocycles. The molecule has 0 aromatic rings. The number of hydrogen-bond acceptors (Lipinski definition) is 3. The Bertz CT molecular complexity index is 35.5. The Morgan fingerprint density at radius 1 is 0.889 bits per heavy atom. The Hall–Kier alpha value is 2.78. The molecule has 0 saturated heterocycles. The second kappa shape index (κ2) is 30.9. The standard InChI is InChI=1S/4Li.4O.Ti/q4*+1;;-2;2*-1;. The van der Waals surface area contributed by atoms with Crippen molar-refractivity contribution in [1.29, 1.82) is 0 Å². The second-order valence-electron chi connectivity index (χ2n) is 0.250. The van der Waals surface area contributed by atoms with E-state index in [0.29, 0.717) is 0 Å². The summed E-state index contributed by atoms with van der Waals surface area (Å²) in [4.78, 5) is 0. The number of rotatable bonds is 0. The molecule has 0 unspecified atom stereocenters. The third-order valence-corrected chi connectivity index (χ3v) is 0. The zero-order valence-electron chi connectivity index (χ0n) is 6.13. The minimum absolute atomic E-state index is 0. The van der Waals surface area contributed by atoms with Gasteiger partial charge < -0.3 is 5.48 Å². The van der Waals surface area contributed by atoms with E-state index >= 15 is 0 Å². The molecule has 4 nitrogen and oxygen atoms in total. The van der Waals surface area contributed by atoms with Gasteiger partial charge in [0.1, 0.15) is 0 Å². The van der Waals surface area contributed by atoms with Crippen LogP contribution in [0.4, 0.5) is 0 Å².